The van der Waals surface area contributed by atoms with Crippen LogP contribution in [0.25, 0.3) is 0 Å². The maximum atomic E-state index is 12.2. The highest BCUT2D eigenvalue weighted by molar-refractivity contribution is 6.37. The van der Waals surface area contributed by atoms with Crippen molar-refractivity contribution in [3.05, 3.63) is 22.2 Å². The Morgan fingerprint density at radius 2 is 2.10 bits per heavy atom. The summed E-state index contributed by atoms with van der Waals surface area (Å²) in [6.07, 6.45) is 2.15. The lowest BCUT2D eigenvalue weighted by molar-refractivity contribution is -0.120. The van der Waals surface area contributed by atoms with Gasteiger partial charge in [-0.2, -0.15) is 0 Å². The Kier molecular flexibility index (Phi) is 6.59. The standard InChI is InChI=1S/C14H21Cl2N3O/c1-4-5-6-19(3)9(2)14(20)18-13-11(16)7-10(15)8-12(13)17/h7-9H,4-6,17H2,1-3H3,(H,18,20). The number of rotatable bonds is 6. The van der Waals surface area contributed by atoms with Crippen molar-refractivity contribution < 1.29 is 4.79 Å². The van der Waals surface area contributed by atoms with Crippen LogP contribution in [-0.2, 0) is 4.79 Å². The number of hydrogen-bond donors (Lipinski definition) is 2. The molecule has 6 heteroatoms. The van der Waals surface area contributed by atoms with Crippen LogP contribution >= 0.6 is 23.2 Å². The van der Waals surface area contributed by atoms with Gasteiger partial charge in [0.2, 0.25) is 5.91 Å². The number of unbranched alkanes of at least 4 members (excludes halogenated alkanes) is 1. The zero-order chi connectivity index (χ0) is 15.3. The molecule has 1 rings (SSSR count). The minimum Gasteiger partial charge on any atom is -0.397 e. The predicted octanol–water partition coefficient (Wildman–Crippen LogP) is 3.63. The van der Waals surface area contributed by atoms with Gasteiger partial charge in [-0.3, -0.25) is 9.69 Å². The Morgan fingerprint density at radius 1 is 1.45 bits per heavy atom. The summed E-state index contributed by atoms with van der Waals surface area (Å²) < 4.78 is 0. The number of hydrogen-bond acceptors (Lipinski definition) is 3. The molecule has 20 heavy (non-hydrogen) atoms. The Balaban J connectivity index is 2.75. The predicted molar refractivity (Wildman–Crippen MR) is 86.5 cm³/mol. The zero-order valence-electron chi connectivity index (χ0n) is 12.0. The quantitative estimate of drug-likeness (QED) is 0.787. The molecule has 0 heterocycles. The maximum Gasteiger partial charge on any atom is 0.241 e. The van der Waals surface area contributed by atoms with E-state index in [2.05, 4.69) is 12.2 Å². The minimum absolute atomic E-state index is 0.139. The third-order valence-electron chi connectivity index (χ3n) is 3.24. The number of likely N-dealkylation sites (N-methyl/N-ethyl adjacent to an activating group) is 1. The van der Waals surface area contributed by atoms with Crippen molar-refractivity contribution in [3.63, 3.8) is 0 Å². The lowest BCUT2D eigenvalue weighted by Crippen LogP contribution is -2.40. The first-order valence-electron chi connectivity index (χ1n) is 6.62. The van der Waals surface area contributed by atoms with Crippen LogP contribution in [0.5, 0.6) is 0 Å². The lowest BCUT2D eigenvalue weighted by atomic mass is 10.2. The topological polar surface area (TPSA) is 58.4 Å². The molecule has 1 aromatic carbocycles. The van der Waals surface area contributed by atoms with Gasteiger partial charge in [0.25, 0.3) is 0 Å². The molecule has 0 aliphatic rings. The average molecular weight is 318 g/mol. The van der Waals surface area contributed by atoms with Crippen LogP contribution < -0.4 is 11.1 Å². The van der Waals surface area contributed by atoms with Gasteiger partial charge >= 0.3 is 0 Å². The van der Waals surface area contributed by atoms with E-state index in [4.69, 9.17) is 28.9 Å². The van der Waals surface area contributed by atoms with Gasteiger partial charge in [-0.25, -0.2) is 0 Å². The van der Waals surface area contributed by atoms with Crippen LogP contribution in [0.2, 0.25) is 10.0 Å². The molecule has 0 spiro atoms. The number of halogens is 2. The highest BCUT2D eigenvalue weighted by Crippen LogP contribution is 2.32. The second-order valence-electron chi connectivity index (χ2n) is 4.85. The van der Waals surface area contributed by atoms with Crippen molar-refractivity contribution in [2.45, 2.75) is 32.7 Å². The molecule has 0 saturated carbocycles. The highest BCUT2D eigenvalue weighted by atomic mass is 35.5. The molecule has 1 amide bonds. The Morgan fingerprint density at radius 3 is 2.65 bits per heavy atom. The lowest BCUT2D eigenvalue weighted by Gasteiger charge is -2.24. The first kappa shape index (κ1) is 17.1. The molecular weight excluding hydrogens is 297 g/mol. The van der Waals surface area contributed by atoms with E-state index in [-0.39, 0.29) is 11.9 Å². The molecule has 112 valence electrons. The summed E-state index contributed by atoms with van der Waals surface area (Å²) in [6, 6.07) is 2.86. The molecular formula is C14H21Cl2N3O. The normalized spacial score (nSPS) is 12.5. The molecule has 1 aromatic rings. The van der Waals surface area contributed by atoms with Gasteiger partial charge in [0.05, 0.1) is 22.4 Å². The largest absolute Gasteiger partial charge is 0.397 e. The van der Waals surface area contributed by atoms with E-state index >= 15 is 0 Å². The number of carbonyl (C=O) groups excluding carboxylic acids is 1. The van der Waals surface area contributed by atoms with E-state index in [1.165, 1.54) is 0 Å². The summed E-state index contributed by atoms with van der Waals surface area (Å²) in [4.78, 5) is 14.2. The van der Waals surface area contributed by atoms with E-state index in [1.807, 2.05) is 18.9 Å². The van der Waals surface area contributed by atoms with E-state index in [1.54, 1.807) is 12.1 Å². The third kappa shape index (κ3) is 4.54. The molecule has 0 radical (unpaired) electrons. The fourth-order valence-corrected chi connectivity index (χ4v) is 2.31. The number of nitrogen functional groups attached to an aromatic ring is 1. The number of carbonyl (C=O) groups is 1. The van der Waals surface area contributed by atoms with E-state index < -0.39 is 0 Å². The van der Waals surface area contributed by atoms with E-state index in [0.717, 1.165) is 19.4 Å². The van der Waals surface area contributed by atoms with Crippen LogP contribution in [0.3, 0.4) is 0 Å². The summed E-state index contributed by atoms with van der Waals surface area (Å²) in [5.41, 5.74) is 6.60. The van der Waals surface area contributed by atoms with Crippen molar-refractivity contribution >= 4 is 40.5 Å². The zero-order valence-corrected chi connectivity index (χ0v) is 13.6. The van der Waals surface area contributed by atoms with Gasteiger partial charge in [0.15, 0.2) is 0 Å². The number of benzene rings is 1. The van der Waals surface area contributed by atoms with Gasteiger partial charge in [-0.1, -0.05) is 36.5 Å². The van der Waals surface area contributed by atoms with Crippen LogP contribution in [0.4, 0.5) is 11.4 Å². The molecule has 0 aliphatic heterocycles. The number of anilines is 2. The Labute approximate surface area is 130 Å². The SMILES string of the molecule is CCCCN(C)C(C)C(=O)Nc1c(N)cc(Cl)cc1Cl. The Bertz CT molecular complexity index is 456. The number of amides is 1. The second kappa shape index (κ2) is 7.72. The van der Waals surface area contributed by atoms with Gasteiger partial charge in [-0.15, -0.1) is 0 Å². The first-order chi connectivity index (χ1) is 9.36. The minimum atomic E-state index is -0.257. The van der Waals surface area contributed by atoms with Crippen molar-refractivity contribution in [2.24, 2.45) is 0 Å². The van der Waals surface area contributed by atoms with Crippen molar-refractivity contribution in [3.8, 4) is 0 Å². The molecule has 4 nitrogen and oxygen atoms in total. The highest BCUT2D eigenvalue weighted by Gasteiger charge is 2.19. The monoisotopic (exact) mass is 317 g/mol. The van der Waals surface area contributed by atoms with Crippen molar-refractivity contribution in [1.82, 2.24) is 4.90 Å². The average Bonchev–Trinajstić information content (AvgIpc) is 2.38. The summed E-state index contributed by atoms with van der Waals surface area (Å²) in [5, 5.41) is 3.55. The van der Waals surface area contributed by atoms with Crippen LogP contribution in [0.1, 0.15) is 26.7 Å². The van der Waals surface area contributed by atoms with E-state index in [9.17, 15) is 4.79 Å². The smallest absolute Gasteiger partial charge is 0.241 e. The summed E-state index contributed by atoms with van der Waals surface area (Å²) in [5.74, 6) is -0.139. The third-order valence-corrected chi connectivity index (χ3v) is 3.75. The van der Waals surface area contributed by atoms with E-state index in [0.29, 0.717) is 21.4 Å². The number of nitrogens with zero attached hydrogens (tertiary/aromatic N) is 1. The molecule has 0 bridgehead atoms. The van der Waals surface area contributed by atoms with Crippen LogP contribution in [0, 0.1) is 0 Å². The fraction of sp³-hybridized carbons (Fsp3) is 0.500. The second-order valence-corrected chi connectivity index (χ2v) is 5.69. The van der Waals surface area contributed by atoms with Gasteiger partial charge in [0.1, 0.15) is 0 Å². The van der Waals surface area contributed by atoms with Gasteiger partial charge in [0, 0.05) is 5.02 Å². The maximum absolute atomic E-state index is 12.2. The number of nitrogens with one attached hydrogen (secondary N) is 1. The first-order valence-corrected chi connectivity index (χ1v) is 7.38. The molecule has 0 aliphatic carbocycles. The van der Waals surface area contributed by atoms with Crippen LogP contribution in [-0.4, -0.2) is 30.4 Å². The molecule has 0 aromatic heterocycles. The molecule has 1 atom stereocenters. The summed E-state index contributed by atoms with van der Waals surface area (Å²) >= 11 is 11.9. The molecule has 3 N–H and O–H groups in total. The van der Waals surface area contributed by atoms with Crippen LogP contribution in [0.15, 0.2) is 12.1 Å². The fourth-order valence-electron chi connectivity index (χ4n) is 1.75. The molecule has 0 fully saturated rings. The van der Waals surface area contributed by atoms with Gasteiger partial charge < -0.3 is 11.1 Å². The van der Waals surface area contributed by atoms with Crippen molar-refractivity contribution in [1.29, 1.82) is 0 Å². The molecule has 0 saturated heterocycles. The molecule has 1 unspecified atom stereocenters. The summed E-state index contributed by atoms with van der Waals surface area (Å²) in [6.45, 7) is 4.84. The Hall–Kier alpha value is -0.970. The van der Waals surface area contributed by atoms with Crippen molar-refractivity contribution in [2.75, 3.05) is 24.6 Å². The van der Waals surface area contributed by atoms with Gasteiger partial charge in [-0.05, 0) is 39.1 Å². The number of nitrogens with two attached hydrogens (primary N) is 1. The summed E-state index contributed by atoms with van der Waals surface area (Å²) in [7, 11) is 1.92.